The molecule has 3 heteroatoms. The summed E-state index contributed by atoms with van der Waals surface area (Å²) in [4.78, 5) is 0. The van der Waals surface area contributed by atoms with Crippen LogP contribution in [0.4, 0.5) is 8.78 Å². The third kappa shape index (κ3) is 1.89. The van der Waals surface area contributed by atoms with Crippen molar-refractivity contribution in [3.8, 4) is 0 Å². The monoisotopic (exact) mass is 163 g/mol. The van der Waals surface area contributed by atoms with Gasteiger partial charge in [-0.15, -0.1) is 0 Å². The van der Waals surface area contributed by atoms with Crippen molar-refractivity contribution in [1.29, 1.82) is 0 Å². The van der Waals surface area contributed by atoms with E-state index >= 15 is 0 Å². The lowest BCUT2D eigenvalue weighted by molar-refractivity contribution is 0.0579. The molecule has 0 bridgehead atoms. The van der Waals surface area contributed by atoms with E-state index in [1.54, 1.807) is 0 Å². The van der Waals surface area contributed by atoms with Gasteiger partial charge in [0.2, 0.25) is 0 Å². The van der Waals surface area contributed by atoms with E-state index < -0.39 is 18.3 Å². The van der Waals surface area contributed by atoms with Crippen LogP contribution in [0.1, 0.15) is 13.8 Å². The molecular formula is C8H15F2N. The van der Waals surface area contributed by atoms with E-state index in [1.165, 1.54) is 0 Å². The highest BCUT2D eigenvalue weighted by Crippen LogP contribution is 2.26. The molecule has 1 fully saturated rings. The van der Waals surface area contributed by atoms with Crippen LogP contribution in [0.25, 0.3) is 0 Å². The van der Waals surface area contributed by atoms with E-state index in [2.05, 4.69) is 5.32 Å². The number of halogens is 2. The average molecular weight is 163 g/mol. The molecule has 0 spiro atoms. The standard InChI is InChI=1S/C8H15F2N/c1-5(2)8-6(9)3-11-4-7(8)10/h5-8,11H,3-4H2,1-2H3. The van der Waals surface area contributed by atoms with Crippen LogP contribution in [0.2, 0.25) is 0 Å². The maximum Gasteiger partial charge on any atom is 0.118 e. The predicted molar refractivity (Wildman–Crippen MR) is 41.0 cm³/mol. The molecule has 0 saturated carbocycles. The maximum absolute atomic E-state index is 13.0. The molecule has 0 aliphatic carbocycles. The number of hydrogen-bond donors (Lipinski definition) is 1. The Morgan fingerprint density at radius 3 is 1.91 bits per heavy atom. The zero-order chi connectivity index (χ0) is 8.43. The zero-order valence-electron chi connectivity index (χ0n) is 6.98. The fourth-order valence-electron chi connectivity index (χ4n) is 1.69. The van der Waals surface area contributed by atoms with Crippen molar-refractivity contribution in [3.05, 3.63) is 0 Å². The summed E-state index contributed by atoms with van der Waals surface area (Å²) in [5.74, 6) is -0.307. The second kappa shape index (κ2) is 3.48. The molecule has 2 unspecified atom stereocenters. The number of piperidine rings is 1. The molecular weight excluding hydrogens is 148 g/mol. The van der Waals surface area contributed by atoms with Gasteiger partial charge in [0.15, 0.2) is 0 Å². The van der Waals surface area contributed by atoms with Crippen molar-refractivity contribution in [1.82, 2.24) is 5.32 Å². The third-order valence-corrected chi connectivity index (χ3v) is 2.28. The molecule has 1 aliphatic heterocycles. The Bertz CT molecular complexity index is 117. The molecule has 2 atom stereocenters. The van der Waals surface area contributed by atoms with Gasteiger partial charge in [-0.2, -0.15) is 0 Å². The van der Waals surface area contributed by atoms with Gasteiger partial charge < -0.3 is 5.32 Å². The van der Waals surface area contributed by atoms with Gasteiger partial charge in [-0.1, -0.05) is 13.8 Å². The van der Waals surface area contributed by atoms with Gasteiger partial charge >= 0.3 is 0 Å². The summed E-state index contributed by atoms with van der Waals surface area (Å²) in [6.45, 7) is 4.36. The second-order valence-corrected chi connectivity index (χ2v) is 3.51. The van der Waals surface area contributed by atoms with E-state index in [9.17, 15) is 8.78 Å². The molecule has 0 aromatic heterocycles. The molecule has 0 radical (unpaired) electrons. The fourth-order valence-corrected chi connectivity index (χ4v) is 1.69. The molecule has 11 heavy (non-hydrogen) atoms. The van der Waals surface area contributed by atoms with E-state index in [4.69, 9.17) is 0 Å². The van der Waals surface area contributed by atoms with Crippen molar-refractivity contribution in [2.75, 3.05) is 13.1 Å². The van der Waals surface area contributed by atoms with Crippen LogP contribution in [0.15, 0.2) is 0 Å². The van der Waals surface area contributed by atoms with Crippen molar-refractivity contribution in [3.63, 3.8) is 0 Å². The molecule has 0 amide bonds. The fraction of sp³-hybridized carbons (Fsp3) is 1.00. The minimum atomic E-state index is -1.02. The van der Waals surface area contributed by atoms with E-state index in [-0.39, 0.29) is 5.92 Å². The van der Waals surface area contributed by atoms with Gasteiger partial charge in [0.1, 0.15) is 12.3 Å². The maximum atomic E-state index is 13.0. The van der Waals surface area contributed by atoms with Gasteiger partial charge in [-0.25, -0.2) is 8.78 Å². The van der Waals surface area contributed by atoms with Crippen molar-refractivity contribution in [2.45, 2.75) is 26.2 Å². The zero-order valence-corrected chi connectivity index (χ0v) is 6.98. The number of rotatable bonds is 1. The summed E-state index contributed by atoms with van der Waals surface area (Å²) < 4.78 is 26.1. The molecule has 1 saturated heterocycles. The molecule has 1 N–H and O–H groups in total. The van der Waals surface area contributed by atoms with Crippen LogP contribution in [-0.4, -0.2) is 25.4 Å². The first-order valence-corrected chi connectivity index (χ1v) is 4.11. The van der Waals surface area contributed by atoms with Crippen LogP contribution >= 0.6 is 0 Å². The minimum Gasteiger partial charge on any atom is -0.311 e. The Hall–Kier alpha value is -0.180. The lowest BCUT2D eigenvalue weighted by atomic mass is 9.84. The molecule has 1 rings (SSSR count). The molecule has 66 valence electrons. The first kappa shape index (κ1) is 8.91. The van der Waals surface area contributed by atoms with Crippen molar-refractivity contribution >= 4 is 0 Å². The Labute approximate surface area is 66.2 Å². The molecule has 1 aliphatic rings. The van der Waals surface area contributed by atoms with Crippen LogP contribution < -0.4 is 5.32 Å². The van der Waals surface area contributed by atoms with Gasteiger partial charge in [0, 0.05) is 19.0 Å². The lowest BCUT2D eigenvalue weighted by Gasteiger charge is -2.32. The molecule has 0 aromatic rings. The first-order valence-electron chi connectivity index (χ1n) is 4.11. The summed E-state index contributed by atoms with van der Waals surface area (Å²) in [6.07, 6.45) is -2.03. The highest BCUT2D eigenvalue weighted by Gasteiger charge is 2.35. The van der Waals surface area contributed by atoms with Crippen LogP contribution in [0.5, 0.6) is 0 Å². The molecule has 1 heterocycles. The largest absolute Gasteiger partial charge is 0.311 e. The Morgan fingerprint density at radius 1 is 1.18 bits per heavy atom. The van der Waals surface area contributed by atoms with Gasteiger partial charge in [-0.05, 0) is 5.92 Å². The highest BCUT2D eigenvalue weighted by atomic mass is 19.1. The average Bonchev–Trinajstić information content (AvgIpc) is 1.85. The van der Waals surface area contributed by atoms with Crippen molar-refractivity contribution in [2.24, 2.45) is 11.8 Å². The third-order valence-electron chi connectivity index (χ3n) is 2.28. The highest BCUT2D eigenvalue weighted by molar-refractivity contribution is 4.86. The summed E-state index contributed by atoms with van der Waals surface area (Å²) >= 11 is 0. The van der Waals surface area contributed by atoms with Crippen LogP contribution in [-0.2, 0) is 0 Å². The van der Waals surface area contributed by atoms with E-state index in [0.29, 0.717) is 13.1 Å². The normalized spacial score (nSPS) is 39.5. The smallest absolute Gasteiger partial charge is 0.118 e. The second-order valence-electron chi connectivity index (χ2n) is 3.51. The van der Waals surface area contributed by atoms with Gasteiger partial charge in [0.25, 0.3) is 0 Å². The van der Waals surface area contributed by atoms with Gasteiger partial charge in [0.05, 0.1) is 0 Å². The molecule has 1 nitrogen and oxygen atoms in total. The quantitative estimate of drug-likeness (QED) is 0.618. The molecule has 0 aromatic carbocycles. The Kier molecular flexibility index (Phi) is 2.82. The number of nitrogens with one attached hydrogen (secondary N) is 1. The Balaban J connectivity index is 2.55. The van der Waals surface area contributed by atoms with Crippen molar-refractivity contribution < 1.29 is 8.78 Å². The minimum absolute atomic E-state index is 0.0992. The Morgan fingerprint density at radius 2 is 1.64 bits per heavy atom. The SMILES string of the molecule is CC(C)C1C(F)CNCC1F. The van der Waals surface area contributed by atoms with Crippen LogP contribution in [0, 0.1) is 11.8 Å². The summed E-state index contributed by atoms with van der Waals surface area (Å²) in [7, 11) is 0. The lowest BCUT2D eigenvalue weighted by Crippen LogP contribution is -2.48. The van der Waals surface area contributed by atoms with E-state index in [1.807, 2.05) is 13.8 Å². The first-order chi connectivity index (χ1) is 5.13. The summed E-state index contributed by atoms with van der Waals surface area (Å²) in [6, 6.07) is 0. The summed E-state index contributed by atoms with van der Waals surface area (Å²) in [5, 5.41) is 2.72. The number of alkyl halides is 2. The topological polar surface area (TPSA) is 12.0 Å². The predicted octanol–water partition coefficient (Wildman–Crippen LogP) is 1.54. The van der Waals surface area contributed by atoms with E-state index in [0.717, 1.165) is 0 Å². The number of hydrogen-bond acceptors (Lipinski definition) is 1. The van der Waals surface area contributed by atoms with Gasteiger partial charge in [-0.3, -0.25) is 0 Å². The summed E-state index contributed by atoms with van der Waals surface area (Å²) in [5.41, 5.74) is 0. The van der Waals surface area contributed by atoms with Crippen LogP contribution in [0.3, 0.4) is 0 Å².